The lowest BCUT2D eigenvalue weighted by Crippen LogP contribution is -2.49. The first-order valence-corrected chi connectivity index (χ1v) is 5.41. The molecule has 0 aromatic carbocycles. The van der Waals surface area contributed by atoms with Crippen molar-refractivity contribution < 1.29 is 9.90 Å². The number of rotatable bonds is 3. The highest BCUT2D eigenvalue weighted by molar-refractivity contribution is 5.75. The number of carbonyl (C=O) groups excluding carboxylic acids is 1. The normalized spacial score (nSPS) is 16.3. The molecule has 4 nitrogen and oxygen atoms in total. The highest BCUT2D eigenvalue weighted by Crippen LogP contribution is 2.22. The molecule has 3 N–H and O–H groups in total. The maximum absolute atomic E-state index is 11.4. The average Bonchev–Trinajstić information content (AvgIpc) is 2.66. The zero-order chi connectivity index (χ0) is 11.3. The van der Waals surface area contributed by atoms with E-state index in [2.05, 4.69) is 10.6 Å². The van der Waals surface area contributed by atoms with Crippen LogP contribution in [-0.2, 0) is 0 Å². The first-order chi connectivity index (χ1) is 7.03. The van der Waals surface area contributed by atoms with Crippen LogP contribution in [0, 0.1) is 0 Å². The van der Waals surface area contributed by atoms with Crippen LogP contribution >= 0.6 is 0 Å². The SMILES string of the molecule is CC(C)(CO)NC(=O)NC=C1CCCC1. The number of aliphatic hydroxyl groups excluding tert-OH is 1. The summed E-state index contributed by atoms with van der Waals surface area (Å²) in [6.45, 7) is 3.47. The summed E-state index contributed by atoms with van der Waals surface area (Å²) in [5.41, 5.74) is 0.727. The van der Waals surface area contributed by atoms with Crippen molar-refractivity contribution >= 4 is 6.03 Å². The highest BCUT2D eigenvalue weighted by atomic mass is 16.3. The van der Waals surface area contributed by atoms with Crippen molar-refractivity contribution in [1.29, 1.82) is 0 Å². The van der Waals surface area contributed by atoms with Crippen LogP contribution in [0.1, 0.15) is 39.5 Å². The van der Waals surface area contributed by atoms with E-state index in [0.29, 0.717) is 0 Å². The number of carbonyl (C=O) groups is 1. The summed E-state index contributed by atoms with van der Waals surface area (Å²) in [4.78, 5) is 11.4. The van der Waals surface area contributed by atoms with Gasteiger partial charge >= 0.3 is 6.03 Å². The van der Waals surface area contributed by atoms with Gasteiger partial charge in [-0.3, -0.25) is 0 Å². The summed E-state index contributed by atoms with van der Waals surface area (Å²) >= 11 is 0. The Morgan fingerprint density at radius 2 is 2.07 bits per heavy atom. The summed E-state index contributed by atoms with van der Waals surface area (Å²) in [7, 11) is 0. The Morgan fingerprint density at radius 3 is 2.60 bits per heavy atom. The van der Waals surface area contributed by atoms with E-state index in [9.17, 15) is 4.79 Å². The minimum Gasteiger partial charge on any atom is -0.394 e. The Hall–Kier alpha value is -1.03. The van der Waals surface area contributed by atoms with E-state index in [0.717, 1.165) is 12.8 Å². The van der Waals surface area contributed by atoms with Crippen molar-refractivity contribution in [2.45, 2.75) is 45.1 Å². The first kappa shape index (κ1) is 12.0. The fourth-order valence-corrected chi connectivity index (χ4v) is 1.52. The number of aliphatic hydroxyl groups is 1. The third kappa shape index (κ3) is 4.34. The van der Waals surface area contributed by atoms with E-state index < -0.39 is 5.54 Å². The quantitative estimate of drug-likeness (QED) is 0.664. The molecule has 0 spiro atoms. The minimum absolute atomic E-state index is 0.0724. The topological polar surface area (TPSA) is 61.4 Å². The fourth-order valence-electron chi connectivity index (χ4n) is 1.52. The lowest BCUT2D eigenvalue weighted by molar-refractivity contribution is 0.183. The molecule has 0 unspecified atom stereocenters. The van der Waals surface area contributed by atoms with E-state index in [1.54, 1.807) is 20.0 Å². The van der Waals surface area contributed by atoms with Crippen molar-refractivity contribution in [3.05, 3.63) is 11.8 Å². The summed E-state index contributed by atoms with van der Waals surface area (Å²) < 4.78 is 0. The molecule has 0 aromatic rings. The molecule has 1 fully saturated rings. The molecule has 1 aliphatic rings. The van der Waals surface area contributed by atoms with Crippen LogP contribution in [-0.4, -0.2) is 23.3 Å². The average molecular weight is 212 g/mol. The van der Waals surface area contributed by atoms with Crippen molar-refractivity contribution in [1.82, 2.24) is 10.6 Å². The van der Waals surface area contributed by atoms with Crippen LogP contribution in [0.2, 0.25) is 0 Å². The summed E-state index contributed by atoms with van der Waals surface area (Å²) in [5.74, 6) is 0. The zero-order valence-corrected chi connectivity index (χ0v) is 9.47. The van der Waals surface area contributed by atoms with Crippen LogP contribution in [0.15, 0.2) is 11.8 Å². The molecule has 1 saturated carbocycles. The number of amides is 2. The number of nitrogens with one attached hydrogen (secondary N) is 2. The molecule has 0 saturated heterocycles. The third-order valence-electron chi connectivity index (χ3n) is 2.50. The predicted octanol–water partition coefficient (Wildman–Crippen LogP) is 1.51. The largest absolute Gasteiger partial charge is 0.394 e. The maximum Gasteiger partial charge on any atom is 0.319 e. The van der Waals surface area contributed by atoms with Gasteiger partial charge in [0.1, 0.15) is 0 Å². The van der Waals surface area contributed by atoms with E-state index >= 15 is 0 Å². The van der Waals surface area contributed by atoms with Gasteiger partial charge in [0, 0.05) is 6.20 Å². The predicted molar refractivity (Wildman–Crippen MR) is 59.4 cm³/mol. The van der Waals surface area contributed by atoms with Gasteiger partial charge in [0.05, 0.1) is 12.1 Å². The monoisotopic (exact) mass is 212 g/mol. The Morgan fingerprint density at radius 1 is 1.47 bits per heavy atom. The maximum atomic E-state index is 11.4. The number of urea groups is 1. The summed E-state index contributed by atoms with van der Waals surface area (Å²) in [5, 5.41) is 14.3. The number of hydrogen-bond donors (Lipinski definition) is 3. The van der Waals surface area contributed by atoms with Gasteiger partial charge in [0.25, 0.3) is 0 Å². The lowest BCUT2D eigenvalue weighted by Gasteiger charge is -2.23. The van der Waals surface area contributed by atoms with Gasteiger partial charge in [-0.1, -0.05) is 5.57 Å². The van der Waals surface area contributed by atoms with E-state index in [4.69, 9.17) is 5.11 Å². The molecule has 0 aliphatic heterocycles. The molecular weight excluding hydrogens is 192 g/mol. The minimum atomic E-state index is -0.571. The van der Waals surface area contributed by atoms with Gasteiger partial charge in [-0.2, -0.15) is 0 Å². The second kappa shape index (κ2) is 5.16. The molecular formula is C11H20N2O2. The van der Waals surface area contributed by atoms with Gasteiger partial charge in [-0.05, 0) is 39.5 Å². The van der Waals surface area contributed by atoms with Gasteiger partial charge in [0.2, 0.25) is 0 Å². The molecule has 1 aliphatic carbocycles. The lowest BCUT2D eigenvalue weighted by atomic mass is 10.1. The van der Waals surface area contributed by atoms with Gasteiger partial charge in [-0.25, -0.2) is 4.79 Å². The second-order valence-electron chi connectivity index (χ2n) is 4.65. The summed E-state index contributed by atoms with van der Waals surface area (Å²) in [6, 6.07) is -0.256. The molecule has 86 valence electrons. The molecule has 15 heavy (non-hydrogen) atoms. The molecule has 0 atom stereocenters. The van der Waals surface area contributed by atoms with Crippen molar-refractivity contribution in [2.75, 3.05) is 6.61 Å². The van der Waals surface area contributed by atoms with Crippen molar-refractivity contribution in [3.63, 3.8) is 0 Å². The Bertz CT molecular complexity index is 251. The van der Waals surface area contributed by atoms with Crippen LogP contribution in [0.25, 0.3) is 0 Å². The number of allylic oxidation sites excluding steroid dienone is 1. The molecule has 2 amide bonds. The Balaban J connectivity index is 2.33. The molecule has 4 heteroatoms. The van der Waals surface area contributed by atoms with E-state index in [-0.39, 0.29) is 12.6 Å². The number of hydrogen-bond acceptors (Lipinski definition) is 2. The van der Waals surface area contributed by atoms with E-state index in [1.165, 1.54) is 18.4 Å². The van der Waals surface area contributed by atoms with Gasteiger partial charge in [-0.15, -0.1) is 0 Å². The molecule has 1 rings (SSSR count). The second-order valence-corrected chi connectivity index (χ2v) is 4.65. The molecule has 0 aromatic heterocycles. The Labute approximate surface area is 90.7 Å². The van der Waals surface area contributed by atoms with Crippen molar-refractivity contribution in [3.8, 4) is 0 Å². The van der Waals surface area contributed by atoms with Crippen LogP contribution in [0.4, 0.5) is 4.79 Å². The van der Waals surface area contributed by atoms with Crippen LogP contribution in [0.3, 0.4) is 0 Å². The van der Waals surface area contributed by atoms with Gasteiger partial charge in [0.15, 0.2) is 0 Å². The zero-order valence-electron chi connectivity index (χ0n) is 9.47. The third-order valence-corrected chi connectivity index (χ3v) is 2.50. The summed E-state index contributed by atoms with van der Waals surface area (Å²) in [6.07, 6.45) is 6.40. The highest BCUT2D eigenvalue weighted by Gasteiger charge is 2.18. The van der Waals surface area contributed by atoms with Crippen molar-refractivity contribution in [2.24, 2.45) is 0 Å². The fraction of sp³-hybridized carbons (Fsp3) is 0.727. The first-order valence-electron chi connectivity index (χ1n) is 5.41. The molecule has 0 bridgehead atoms. The Kier molecular flexibility index (Phi) is 4.15. The van der Waals surface area contributed by atoms with E-state index in [1.807, 2.05) is 0 Å². The van der Waals surface area contributed by atoms with Crippen LogP contribution < -0.4 is 10.6 Å². The smallest absolute Gasteiger partial charge is 0.319 e. The molecule has 0 radical (unpaired) electrons. The van der Waals surface area contributed by atoms with Gasteiger partial charge < -0.3 is 15.7 Å². The van der Waals surface area contributed by atoms with Crippen LogP contribution in [0.5, 0.6) is 0 Å². The molecule has 0 heterocycles. The standard InChI is InChI=1S/C11H20N2O2/c1-11(2,8-14)13-10(15)12-7-9-5-3-4-6-9/h7,14H,3-6,8H2,1-2H3,(H2,12,13,15).